The summed E-state index contributed by atoms with van der Waals surface area (Å²) in [5.41, 5.74) is 1.21. The van der Waals surface area contributed by atoms with Crippen LogP contribution in [0.3, 0.4) is 0 Å². The lowest BCUT2D eigenvalue weighted by Gasteiger charge is -2.07. The summed E-state index contributed by atoms with van der Waals surface area (Å²) in [6.07, 6.45) is 0.952. The van der Waals surface area contributed by atoms with Crippen molar-refractivity contribution < 1.29 is 9.53 Å². The van der Waals surface area contributed by atoms with Gasteiger partial charge in [0, 0.05) is 6.92 Å². The maximum absolute atomic E-state index is 10.7. The lowest BCUT2D eigenvalue weighted by Crippen LogP contribution is -2.03. The zero-order valence-electron chi connectivity index (χ0n) is 7.63. The van der Waals surface area contributed by atoms with Crippen LogP contribution in [0.5, 0.6) is 5.75 Å². The molecule has 0 bridgehead atoms. The summed E-state index contributed by atoms with van der Waals surface area (Å²) in [6.45, 7) is 3.49. The van der Waals surface area contributed by atoms with E-state index in [1.165, 1.54) is 12.5 Å². The monoisotopic (exact) mass is 290 g/mol. The van der Waals surface area contributed by atoms with E-state index >= 15 is 0 Å². The lowest BCUT2D eigenvalue weighted by atomic mass is 10.2. The van der Waals surface area contributed by atoms with Crippen LogP contribution in [0.4, 0.5) is 0 Å². The summed E-state index contributed by atoms with van der Waals surface area (Å²) < 4.78 is 6.07. The van der Waals surface area contributed by atoms with Gasteiger partial charge in [0.15, 0.2) is 0 Å². The van der Waals surface area contributed by atoms with E-state index in [0.717, 1.165) is 9.99 Å². The van der Waals surface area contributed by atoms with Crippen molar-refractivity contribution in [2.24, 2.45) is 0 Å². The van der Waals surface area contributed by atoms with Gasteiger partial charge in [-0.2, -0.15) is 0 Å². The van der Waals surface area contributed by atoms with Crippen LogP contribution in [-0.4, -0.2) is 5.97 Å². The fourth-order valence-corrected chi connectivity index (χ4v) is 1.91. The molecule has 1 aromatic carbocycles. The maximum Gasteiger partial charge on any atom is 0.308 e. The summed E-state index contributed by atoms with van der Waals surface area (Å²) >= 11 is 2.20. The van der Waals surface area contributed by atoms with Crippen LogP contribution >= 0.6 is 22.6 Å². The molecule has 2 nitrogen and oxygen atoms in total. The highest BCUT2D eigenvalue weighted by atomic mass is 127. The van der Waals surface area contributed by atoms with Crippen molar-refractivity contribution in [3.8, 4) is 5.75 Å². The fraction of sp³-hybridized carbons (Fsp3) is 0.300. The molecule has 0 unspecified atom stereocenters. The van der Waals surface area contributed by atoms with E-state index in [9.17, 15) is 4.79 Å². The standard InChI is InChI=1S/C10H11IO2/c1-3-8-5-4-6-9(10(8)11)13-7(2)12/h4-6H,3H2,1-2H3. The fourth-order valence-electron chi connectivity index (χ4n) is 1.06. The largest absolute Gasteiger partial charge is 0.426 e. The highest BCUT2D eigenvalue weighted by Gasteiger charge is 2.06. The minimum Gasteiger partial charge on any atom is -0.426 e. The first-order valence-electron chi connectivity index (χ1n) is 4.11. The average molecular weight is 290 g/mol. The first-order chi connectivity index (χ1) is 6.15. The SMILES string of the molecule is CCc1cccc(OC(C)=O)c1I. The molecule has 0 aromatic heterocycles. The minimum atomic E-state index is -0.272. The molecule has 3 heteroatoms. The molecule has 0 spiro atoms. The summed E-state index contributed by atoms with van der Waals surface area (Å²) in [4.78, 5) is 10.7. The van der Waals surface area contributed by atoms with Crippen LogP contribution < -0.4 is 4.74 Å². The van der Waals surface area contributed by atoms with Gasteiger partial charge in [0.25, 0.3) is 0 Å². The quantitative estimate of drug-likeness (QED) is 0.475. The second kappa shape index (κ2) is 4.60. The topological polar surface area (TPSA) is 26.3 Å². The third kappa shape index (κ3) is 2.69. The number of esters is 1. The van der Waals surface area contributed by atoms with Crippen LogP contribution in [0.15, 0.2) is 18.2 Å². The first kappa shape index (κ1) is 10.5. The molecule has 0 atom stereocenters. The van der Waals surface area contributed by atoms with Crippen LogP contribution in [0.1, 0.15) is 19.4 Å². The van der Waals surface area contributed by atoms with Crippen LogP contribution in [0.25, 0.3) is 0 Å². The summed E-state index contributed by atoms with van der Waals surface area (Å²) in [7, 11) is 0. The Hall–Kier alpha value is -0.580. The maximum atomic E-state index is 10.7. The Bertz CT molecular complexity index is 321. The number of ether oxygens (including phenoxy) is 1. The highest BCUT2D eigenvalue weighted by molar-refractivity contribution is 14.1. The molecular weight excluding hydrogens is 279 g/mol. The molecule has 0 fully saturated rings. The van der Waals surface area contributed by atoms with Gasteiger partial charge in [-0.3, -0.25) is 4.79 Å². The molecule has 70 valence electrons. The number of hydrogen-bond donors (Lipinski definition) is 0. The van der Waals surface area contributed by atoms with E-state index in [1.807, 2.05) is 18.2 Å². The molecule has 0 amide bonds. The molecule has 0 aliphatic heterocycles. The lowest BCUT2D eigenvalue weighted by molar-refractivity contribution is -0.131. The Kier molecular flexibility index (Phi) is 3.71. The van der Waals surface area contributed by atoms with Crippen molar-refractivity contribution in [1.82, 2.24) is 0 Å². The van der Waals surface area contributed by atoms with Crippen molar-refractivity contribution >= 4 is 28.6 Å². The van der Waals surface area contributed by atoms with Gasteiger partial charge in [0.1, 0.15) is 5.75 Å². The first-order valence-corrected chi connectivity index (χ1v) is 5.18. The van der Waals surface area contributed by atoms with Gasteiger partial charge in [-0.1, -0.05) is 19.1 Å². The Labute approximate surface area is 91.4 Å². The third-order valence-corrected chi connectivity index (χ3v) is 2.90. The van der Waals surface area contributed by atoms with Crippen molar-refractivity contribution in [2.45, 2.75) is 20.3 Å². The average Bonchev–Trinajstić information content (AvgIpc) is 2.08. The number of carbonyl (C=O) groups is 1. The summed E-state index contributed by atoms with van der Waals surface area (Å²) in [5, 5.41) is 0. The number of rotatable bonds is 2. The van der Waals surface area contributed by atoms with Crippen LogP contribution in [-0.2, 0) is 11.2 Å². The van der Waals surface area contributed by atoms with Gasteiger partial charge in [-0.25, -0.2) is 0 Å². The normalized spacial score (nSPS) is 9.77. The summed E-state index contributed by atoms with van der Waals surface area (Å²) in [5.74, 6) is 0.388. The van der Waals surface area contributed by atoms with Crippen molar-refractivity contribution in [1.29, 1.82) is 0 Å². The van der Waals surface area contributed by atoms with E-state index < -0.39 is 0 Å². The van der Waals surface area contributed by atoms with Crippen molar-refractivity contribution in [2.75, 3.05) is 0 Å². The molecule has 1 rings (SSSR count). The smallest absolute Gasteiger partial charge is 0.308 e. The Morgan fingerprint density at radius 2 is 2.23 bits per heavy atom. The molecule has 0 saturated carbocycles. The van der Waals surface area contributed by atoms with E-state index in [-0.39, 0.29) is 5.97 Å². The zero-order chi connectivity index (χ0) is 9.84. The second-order valence-electron chi connectivity index (χ2n) is 2.68. The third-order valence-electron chi connectivity index (χ3n) is 1.68. The zero-order valence-corrected chi connectivity index (χ0v) is 9.79. The van der Waals surface area contributed by atoms with Gasteiger partial charge in [-0.05, 0) is 40.6 Å². The van der Waals surface area contributed by atoms with E-state index in [1.54, 1.807) is 0 Å². The van der Waals surface area contributed by atoms with Crippen molar-refractivity contribution in [3.05, 3.63) is 27.3 Å². The van der Waals surface area contributed by atoms with Crippen LogP contribution in [0.2, 0.25) is 0 Å². The molecule has 0 radical (unpaired) electrons. The number of carbonyl (C=O) groups excluding carboxylic acids is 1. The molecular formula is C10H11IO2. The van der Waals surface area contributed by atoms with Gasteiger partial charge < -0.3 is 4.74 Å². The number of aryl methyl sites for hydroxylation is 1. The predicted molar refractivity (Wildman–Crippen MR) is 59.8 cm³/mol. The van der Waals surface area contributed by atoms with Gasteiger partial charge in [0.05, 0.1) is 3.57 Å². The second-order valence-corrected chi connectivity index (χ2v) is 3.76. The number of halogens is 1. The molecule has 0 saturated heterocycles. The predicted octanol–water partition coefficient (Wildman–Crippen LogP) is 2.78. The minimum absolute atomic E-state index is 0.272. The Balaban J connectivity index is 3.01. The number of benzene rings is 1. The molecule has 0 N–H and O–H groups in total. The Morgan fingerprint density at radius 1 is 1.54 bits per heavy atom. The van der Waals surface area contributed by atoms with Gasteiger partial charge in [0.2, 0.25) is 0 Å². The van der Waals surface area contributed by atoms with E-state index in [0.29, 0.717) is 5.75 Å². The van der Waals surface area contributed by atoms with Crippen molar-refractivity contribution in [3.63, 3.8) is 0 Å². The van der Waals surface area contributed by atoms with Crippen LogP contribution in [0, 0.1) is 3.57 Å². The Morgan fingerprint density at radius 3 is 2.77 bits per heavy atom. The van der Waals surface area contributed by atoms with E-state index in [2.05, 4.69) is 29.5 Å². The molecule has 1 aromatic rings. The van der Waals surface area contributed by atoms with Gasteiger partial charge in [-0.15, -0.1) is 0 Å². The molecule has 0 aliphatic carbocycles. The molecule has 0 aliphatic rings. The van der Waals surface area contributed by atoms with E-state index in [4.69, 9.17) is 4.74 Å². The molecule has 13 heavy (non-hydrogen) atoms. The summed E-state index contributed by atoms with van der Waals surface area (Å²) in [6, 6.07) is 5.75. The molecule has 0 heterocycles. The highest BCUT2D eigenvalue weighted by Crippen LogP contribution is 2.24. The van der Waals surface area contributed by atoms with Gasteiger partial charge >= 0.3 is 5.97 Å². The number of hydrogen-bond acceptors (Lipinski definition) is 2.